The van der Waals surface area contributed by atoms with E-state index >= 15 is 0 Å². The molecule has 1 N–H and O–H groups in total. The number of amides is 1. The molecule has 4 heteroatoms. The fraction of sp³-hybridized carbons (Fsp3) is 0.211. The lowest BCUT2D eigenvalue weighted by Crippen LogP contribution is -2.26. The summed E-state index contributed by atoms with van der Waals surface area (Å²) in [5, 5.41) is 2.88. The van der Waals surface area contributed by atoms with Gasteiger partial charge in [-0.15, -0.1) is 17.9 Å². The molecule has 118 valence electrons. The van der Waals surface area contributed by atoms with Crippen molar-refractivity contribution < 1.29 is 4.79 Å². The number of carbonyl (C=O) groups is 1. The van der Waals surface area contributed by atoms with Gasteiger partial charge in [0.05, 0.1) is 10.2 Å². The second-order valence-corrected chi connectivity index (χ2v) is 6.99. The summed E-state index contributed by atoms with van der Waals surface area (Å²) < 4.78 is 3.25. The Kier molecular flexibility index (Phi) is 4.35. The first-order valence-corrected chi connectivity index (χ1v) is 8.44. The zero-order chi connectivity index (χ0) is 16.4. The van der Waals surface area contributed by atoms with Gasteiger partial charge in [-0.3, -0.25) is 4.79 Å². The average Bonchev–Trinajstić information content (AvgIpc) is 3.04. The van der Waals surface area contributed by atoms with Crippen molar-refractivity contribution in [3.63, 3.8) is 0 Å². The third-order valence-electron chi connectivity index (χ3n) is 3.81. The number of aromatic nitrogens is 1. The molecule has 0 bridgehead atoms. The lowest BCUT2D eigenvalue weighted by molar-refractivity contribution is 0.0949. The number of thiophene rings is 1. The lowest BCUT2D eigenvalue weighted by atomic mass is 10.1. The minimum Gasteiger partial charge on any atom is -0.347 e. The maximum absolute atomic E-state index is 12.4. The maximum atomic E-state index is 12.4. The van der Waals surface area contributed by atoms with Gasteiger partial charge < -0.3 is 9.88 Å². The molecule has 0 saturated heterocycles. The molecule has 3 rings (SSSR count). The van der Waals surface area contributed by atoms with Gasteiger partial charge in [0.2, 0.25) is 0 Å². The van der Waals surface area contributed by atoms with Crippen LogP contribution in [0.15, 0.2) is 49.1 Å². The maximum Gasteiger partial charge on any atom is 0.268 e. The lowest BCUT2D eigenvalue weighted by Gasteiger charge is -2.10. The number of benzene rings is 1. The van der Waals surface area contributed by atoms with Crippen LogP contribution in [0.1, 0.15) is 26.5 Å². The van der Waals surface area contributed by atoms with Crippen molar-refractivity contribution >= 4 is 27.5 Å². The van der Waals surface area contributed by atoms with Gasteiger partial charge in [-0.25, -0.2) is 0 Å². The van der Waals surface area contributed by atoms with Crippen LogP contribution in [0.5, 0.6) is 0 Å². The molecule has 0 atom stereocenters. The SMILES string of the molecule is C=CCNC(=O)c1cc2sc(C)cc2n1Cc1ccc(C)cc1. The smallest absolute Gasteiger partial charge is 0.268 e. The molecular formula is C19H20N2OS. The van der Waals surface area contributed by atoms with E-state index in [0.29, 0.717) is 18.8 Å². The van der Waals surface area contributed by atoms with E-state index in [1.807, 2.05) is 6.07 Å². The Bertz CT molecular complexity index is 856. The molecule has 23 heavy (non-hydrogen) atoms. The van der Waals surface area contributed by atoms with E-state index in [4.69, 9.17) is 0 Å². The predicted molar refractivity (Wildman–Crippen MR) is 97.4 cm³/mol. The molecule has 3 aromatic rings. The molecule has 0 aliphatic heterocycles. The number of rotatable bonds is 5. The van der Waals surface area contributed by atoms with Crippen LogP contribution in [0, 0.1) is 13.8 Å². The molecule has 0 aliphatic carbocycles. The monoisotopic (exact) mass is 324 g/mol. The van der Waals surface area contributed by atoms with Gasteiger partial charge in [-0.1, -0.05) is 35.9 Å². The van der Waals surface area contributed by atoms with Crippen LogP contribution in [0.4, 0.5) is 0 Å². The van der Waals surface area contributed by atoms with E-state index in [1.54, 1.807) is 17.4 Å². The number of hydrogen-bond acceptors (Lipinski definition) is 2. The third-order valence-corrected chi connectivity index (χ3v) is 4.80. The van der Waals surface area contributed by atoms with Gasteiger partial charge in [-0.05, 0) is 31.5 Å². The second kappa shape index (κ2) is 6.42. The predicted octanol–water partition coefficient (Wildman–Crippen LogP) is 4.28. The van der Waals surface area contributed by atoms with Crippen LogP contribution in [-0.2, 0) is 6.54 Å². The van der Waals surface area contributed by atoms with Crippen molar-refractivity contribution in [3.05, 3.63) is 70.8 Å². The second-order valence-electron chi connectivity index (χ2n) is 5.71. The Labute approximate surface area is 140 Å². The minimum atomic E-state index is -0.0573. The van der Waals surface area contributed by atoms with Crippen LogP contribution in [-0.4, -0.2) is 17.0 Å². The van der Waals surface area contributed by atoms with Crippen LogP contribution in [0.25, 0.3) is 10.2 Å². The van der Waals surface area contributed by atoms with Crippen molar-refractivity contribution in [2.24, 2.45) is 0 Å². The summed E-state index contributed by atoms with van der Waals surface area (Å²) in [4.78, 5) is 13.7. The normalized spacial score (nSPS) is 10.9. The van der Waals surface area contributed by atoms with E-state index in [9.17, 15) is 4.79 Å². The highest BCUT2D eigenvalue weighted by atomic mass is 32.1. The van der Waals surface area contributed by atoms with Crippen LogP contribution in [0.3, 0.4) is 0 Å². The van der Waals surface area contributed by atoms with Crippen molar-refractivity contribution in [1.29, 1.82) is 0 Å². The third kappa shape index (κ3) is 3.22. The Morgan fingerprint density at radius 3 is 2.70 bits per heavy atom. The number of aryl methyl sites for hydroxylation is 2. The van der Waals surface area contributed by atoms with Gasteiger partial charge in [0.15, 0.2) is 0 Å². The molecule has 2 aromatic heterocycles. The van der Waals surface area contributed by atoms with Crippen molar-refractivity contribution in [2.45, 2.75) is 20.4 Å². The summed E-state index contributed by atoms with van der Waals surface area (Å²) >= 11 is 1.72. The fourth-order valence-electron chi connectivity index (χ4n) is 2.66. The Morgan fingerprint density at radius 2 is 2.00 bits per heavy atom. The standard InChI is InChI=1S/C19H20N2OS/c1-4-9-20-19(22)17-11-18-16(10-14(3)23-18)21(17)12-15-7-5-13(2)6-8-15/h4-8,10-11H,1,9,12H2,2-3H3,(H,20,22). The van der Waals surface area contributed by atoms with Crippen molar-refractivity contribution in [2.75, 3.05) is 6.54 Å². The van der Waals surface area contributed by atoms with Gasteiger partial charge >= 0.3 is 0 Å². The van der Waals surface area contributed by atoms with Crippen LogP contribution in [0.2, 0.25) is 0 Å². The zero-order valence-electron chi connectivity index (χ0n) is 13.4. The molecule has 0 saturated carbocycles. The molecule has 0 fully saturated rings. The van der Waals surface area contributed by atoms with E-state index in [1.165, 1.54) is 16.0 Å². The molecule has 3 nitrogen and oxygen atoms in total. The highest BCUT2D eigenvalue weighted by molar-refractivity contribution is 7.19. The van der Waals surface area contributed by atoms with E-state index in [2.05, 4.69) is 60.6 Å². The number of carbonyl (C=O) groups excluding carboxylic acids is 1. The van der Waals surface area contributed by atoms with E-state index in [-0.39, 0.29) is 5.91 Å². The van der Waals surface area contributed by atoms with E-state index in [0.717, 1.165) is 10.2 Å². The van der Waals surface area contributed by atoms with Gasteiger partial charge in [0.25, 0.3) is 5.91 Å². The molecular weight excluding hydrogens is 304 g/mol. The number of hydrogen-bond donors (Lipinski definition) is 1. The summed E-state index contributed by atoms with van der Waals surface area (Å²) in [5.74, 6) is -0.0573. The summed E-state index contributed by atoms with van der Waals surface area (Å²) in [7, 11) is 0. The average molecular weight is 324 g/mol. The number of fused-ring (bicyclic) bond motifs is 1. The Hall–Kier alpha value is -2.33. The Balaban J connectivity index is 2.02. The minimum absolute atomic E-state index is 0.0573. The first-order chi connectivity index (χ1) is 11.1. The van der Waals surface area contributed by atoms with Crippen LogP contribution >= 0.6 is 11.3 Å². The van der Waals surface area contributed by atoms with E-state index < -0.39 is 0 Å². The first-order valence-electron chi connectivity index (χ1n) is 7.63. The Morgan fingerprint density at radius 1 is 1.26 bits per heavy atom. The summed E-state index contributed by atoms with van der Waals surface area (Å²) in [6, 6.07) is 12.6. The number of nitrogens with one attached hydrogen (secondary N) is 1. The molecule has 0 radical (unpaired) electrons. The van der Waals surface area contributed by atoms with Crippen molar-refractivity contribution in [3.8, 4) is 0 Å². The molecule has 2 heterocycles. The number of nitrogens with zero attached hydrogens (tertiary/aromatic N) is 1. The quantitative estimate of drug-likeness (QED) is 0.698. The summed E-state index contributed by atoms with van der Waals surface area (Å²) in [6.45, 7) is 8.99. The molecule has 0 spiro atoms. The topological polar surface area (TPSA) is 34.0 Å². The van der Waals surface area contributed by atoms with Gasteiger partial charge in [0, 0.05) is 18.0 Å². The van der Waals surface area contributed by atoms with Gasteiger partial charge in [0.1, 0.15) is 5.69 Å². The highest BCUT2D eigenvalue weighted by Gasteiger charge is 2.17. The first kappa shape index (κ1) is 15.6. The fourth-order valence-corrected chi connectivity index (χ4v) is 3.62. The summed E-state index contributed by atoms with van der Waals surface area (Å²) in [5.41, 5.74) is 4.25. The molecule has 1 aromatic carbocycles. The molecule has 1 amide bonds. The molecule has 0 aliphatic rings. The zero-order valence-corrected chi connectivity index (χ0v) is 14.2. The van der Waals surface area contributed by atoms with Crippen molar-refractivity contribution in [1.82, 2.24) is 9.88 Å². The highest BCUT2D eigenvalue weighted by Crippen LogP contribution is 2.29. The summed E-state index contributed by atoms with van der Waals surface area (Å²) in [6.07, 6.45) is 1.69. The largest absolute Gasteiger partial charge is 0.347 e. The molecule has 0 unspecified atom stereocenters. The van der Waals surface area contributed by atoms with Gasteiger partial charge in [-0.2, -0.15) is 0 Å². The van der Waals surface area contributed by atoms with Crippen LogP contribution < -0.4 is 5.32 Å².